The van der Waals surface area contributed by atoms with E-state index in [9.17, 15) is 14.9 Å². The summed E-state index contributed by atoms with van der Waals surface area (Å²) in [6, 6.07) is 9.64. The minimum absolute atomic E-state index is 0.155. The predicted octanol–water partition coefficient (Wildman–Crippen LogP) is 2.37. The van der Waals surface area contributed by atoms with E-state index in [1.807, 2.05) is 0 Å². The number of hydrogen-bond acceptors (Lipinski definition) is 6. The number of carbonyl (C=O) groups excluding carboxylic acids is 2. The van der Waals surface area contributed by atoms with Gasteiger partial charge in [-0.1, -0.05) is 6.07 Å². The first kappa shape index (κ1) is 17.9. The van der Waals surface area contributed by atoms with Crippen molar-refractivity contribution < 1.29 is 19.1 Å². The van der Waals surface area contributed by atoms with Gasteiger partial charge in [0, 0.05) is 17.3 Å². The van der Waals surface area contributed by atoms with Gasteiger partial charge in [0.05, 0.1) is 20.3 Å². The molecule has 0 aliphatic rings. The number of Topliss-reactive ketones (excluding diaryl/α,β-unsaturated/α-hetero) is 1. The molecule has 1 heterocycles. The number of rotatable bonds is 6. The molecule has 2 aromatic rings. The van der Waals surface area contributed by atoms with E-state index >= 15 is 0 Å². The molecule has 0 radical (unpaired) electrons. The number of anilines is 1. The SMILES string of the molecule is COc1cc(C(=O)[C@H](C#N)C(=O)Nc2ccccn2)cc(OC)c1C. The van der Waals surface area contributed by atoms with Gasteiger partial charge < -0.3 is 14.8 Å². The van der Waals surface area contributed by atoms with Crippen LogP contribution in [0.4, 0.5) is 5.82 Å². The van der Waals surface area contributed by atoms with E-state index in [0.29, 0.717) is 17.1 Å². The normalized spacial score (nSPS) is 11.1. The number of hydrogen-bond donors (Lipinski definition) is 1. The summed E-state index contributed by atoms with van der Waals surface area (Å²) in [6.45, 7) is 1.78. The van der Waals surface area contributed by atoms with Crippen molar-refractivity contribution in [3.8, 4) is 17.6 Å². The molecule has 0 aliphatic carbocycles. The number of nitrogens with zero attached hydrogens (tertiary/aromatic N) is 2. The molecule has 1 N–H and O–H groups in total. The second-order valence-corrected chi connectivity index (χ2v) is 5.14. The number of carbonyl (C=O) groups is 2. The van der Waals surface area contributed by atoms with Crippen LogP contribution in [0.2, 0.25) is 0 Å². The Hall–Kier alpha value is -3.40. The molecular weight excluding hydrogens is 322 g/mol. The number of amides is 1. The highest BCUT2D eigenvalue weighted by Crippen LogP contribution is 2.30. The smallest absolute Gasteiger partial charge is 0.250 e. The molecule has 1 aromatic heterocycles. The number of methoxy groups -OCH3 is 2. The first-order valence-electron chi connectivity index (χ1n) is 7.40. The quantitative estimate of drug-likeness (QED) is 0.640. The molecule has 128 valence electrons. The van der Waals surface area contributed by atoms with Gasteiger partial charge in [-0.05, 0) is 31.2 Å². The lowest BCUT2D eigenvalue weighted by Gasteiger charge is -2.14. The van der Waals surface area contributed by atoms with Crippen LogP contribution in [0, 0.1) is 24.2 Å². The fraction of sp³-hybridized carbons (Fsp3) is 0.222. The molecule has 1 amide bonds. The summed E-state index contributed by atoms with van der Waals surface area (Å²) >= 11 is 0. The zero-order chi connectivity index (χ0) is 18.4. The fourth-order valence-corrected chi connectivity index (χ4v) is 2.27. The lowest BCUT2D eigenvalue weighted by molar-refractivity contribution is -0.117. The number of ether oxygens (including phenoxy) is 2. The van der Waals surface area contributed by atoms with Crippen LogP contribution in [0.5, 0.6) is 11.5 Å². The molecule has 1 aromatic carbocycles. The highest BCUT2D eigenvalue weighted by Gasteiger charge is 2.29. The van der Waals surface area contributed by atoms with E-state index in [-0.39, 0.29) is 11.4 Å². The van der Waals surface area contributed by atoms with E-state index in [1.54, 1.807) is 31.2 Å². The maximum absolute atomic E-state index is 12.6. The first-order valence-corrected chi connectivity index (χ1v) is 7.40. The number of ketones is 1. The van der Waals surface area contributed by atoms with Gasteiger partial charge >= 0.3 is 0 Å². The average molecular weight is 339 g/mol. The van der Waals surface area contributed by atoms with E-state index in [0.717, 1.165) is 0 Å². The molecule has 7 nitrogen and oxygen atoms in total. The number of benzene rings is 1. The predicted molar refractivity (Wildman–Crippen MR) is 90.6 cm³/mol. The van der Waals surface area contributed by atoms with Crippen molar-refractivity contribution in [2.45, 2.75) is 6.92 Å². The van der Waals surface area contributed by atoms with Crippen LogP contribution in [0.25, 0.3) is 0 Å². The lowest BCUT2D eigenvalue weighted by atomic mass is 9.96. The standard InChI is InChI=1S/C18H17N3O4/c1-11-14(24-2)8-12(9-15(11)25-3)17(22)13(10-19)18(23)21-16-6-4-5-7-20-16/h4-9,13H,1-3H3,(H,20,21,23)/t13-/m0/s1. The van der Waals surface area contributed by atoms with Crippen LogP contribution in [0.3, 0.4) is 0 Å². The van der Waals surface area contributed by atoms with E-state index in [2.05, 4.69) is 10.3 Å². The largest absolute Gasteiger partial charge is 0.496 e. The Kier molecular flexibility index (Phi) is 5.69. The third-order valence-electron chi connectivity index (χ3n) is 3.61. The van der Waals surface area contributed by atoms with Crippen LogP contribution in [0.15, 0.2) is 36.5 Å². The van der Waals surface area contributed by atoms with Gasteiger partial charge in [-0.2, -0.15) is 5.26 Å². The molecule has 2 rings (SSSR count). The lowest BCUT2D eigenvalue weighted by Crippen LogP contribution is -2.29. The van der Waals surface area contributed by atoms with Crippen molar-refractivity contribution in [3.63, 3.8) is 0 Å². The van der Waals surface area contributed by atoms with Crippen LogP contribution >= 0.6 is 0 Å². The van der Waals surface area contributed by atoms with Crippen molar-refractivity contribution >= 4 is 17.5 Å². The van der Waals surface area contributed by atoms with Gasteiger partial charge in [0.2, 0.25) is 0 Å². The Morgan fingerprint density at radius 1 is 1.20 bits per heavy atom. The molecule has 0 fully saturated rings. The number of aromatic nitrogens is 1. The van der Waals surface area contributed by atoms with Crippen molar-refractivity contribution in [3.05, 3.63) is 47.7 Å². The molecule has 0 bridgehead atoms. The van der Waals surface area contributed by atoms with Crippen molar-refractivity contribution in [1.29, 1.82) is 5.26 Å². The van der Waals surface area contributed by atoms with E-state index in [4.69, 9.17) is 9.47 Å². The number of pyridine rings is 1. The molecule has 0 saturated heterocycles. The summed E-state index contributed by atoms with van der Waals surface area (Å²) in [4.78, 5) is 28.9. The molecule has 0 spiro atoms. The van der Waals surface area contributed by atoms with Gasteiger partial charge in [-0.3, -0.25) is 9.59 Å². The highest BCUT2D eigenvalue weighted by atomic mass is 16.5. The summed E-state index contributed by atoms with van der Waals surface area (Å²) in [5, 5.41) is 11.8. The summed E-state index contributed by atoms with van der Waals surface area (Å²) in [7, 11) is 2.93. The van der Waals surface area contributed by atoms with Crippen molar-refractivity contribution in [2.24, 2.45) is 5.92 Å². The van der Waals surface area contributed by atoms with Crippen LogP contribution < -0.4 is 14.8 Å². The number of nitriles is 1. The molecule has 25 heavy (non-hydrogen) atoms. The third-order valence-corrected chi connectivity index (χ3v) is 3.61. The first-order chi connectivity index (χ1) is 12.0. The summed E-state index contributed by atoms with van der Waals surface area (Å²) in [5.41, 5.74) is 0.870. The van der Waals surface area contributed by atoms with Gasteiger partial charge in [-0.15, -0.1) is 0 Å². The minimum Gasteiger partial charge on any atom is -0.496 e. The zero-order valence-electron chi connectivity index (χ0n) is 14.1. The Bertz CT molecular complexity index is 803. The summed E-state index contributed by atoms with van der Waals surface area (Å²) in [5.74, 6) is -1.77. The van der Waals surface area contributed by atoms with E-state index in [1.165, 1.54) is 32.5 Å². The Labute approximate surface area is 145 Å². The van der Waals surface area contributed by atoms with E-state index < -0.39 is 17.6 Å². The van der Waals surface area contributed by atoms with Gasteiger partial charge in [0.15, 0.2) is 11.7 Å². The molecule has 0 unspecified atom stereocenters. The highest BCUT2D eigenvalue weighted by molar-refractivity contribution is 6.15. The van der Waals surface area contributed by atoms with Crippen molar-refractivity contribution in [1.82, 2.24) is 4.98 Å². The third kappa shape index (κ3) is 3.93. The minimum atomic E-state index is -1.51. The monoisotopic (exact) mass is 339 g/mol. The molecular formula is C18H17N3O4. The van der Waals surface area contributed by atoms with Crippen LogP contribution in [0.1, 0.15) is 15.9 Å². The molecule has 0 saturated carbocycles. The molecule has 0 aliphatic heterocycles. The van der Waals surface area contributed by atoms with Crippen LogP contribution in [-0.2, 0) is 4.79 Å². The summed E-state index contributed by atoms with van der Waals surface area (Å²) < 4.78 is 10.4. The van der Waals surface area contributed by atoms with Gasteiger partial charge in [-0.25, -0.2) is 4.98 Å². The second-order valence-electron chi connectivity index (χ2n) is 5.14. The van der Waals surface area contributed by atoms with Crippen LogP contribution in [-0.4, -0.2) is 30.9 Å². The van der Waals surface area contributed by atoms with Crippen molar-refractivity contribution in [2.75, 3.05) is 19.5 Å². The average Bonchev–Trinajstić information content (AvgIpc) is 2.63. The summed E-state index contributed by atoms with van der Waals surface area (Å²) in [6.07, 6.45) is 1.49. The molecule has 7 heteroatoms. The fourth-order valence-electron chi connectivity index (χ4n) is 2.27. The second kappa shape index (κ2) is 7.93. The van der Waals surface area contributed by atoms with Gasteiger partial charge in [0.1, 0.15) is 17.3 Å². The topological polar surface area (TPSA) is 101 Å². The Morgan fingerprint density at radius 2 is 1.84 bits per heavy atom. The zero-order valence-corrected chi connectivity index (χ0v) is 14.1. The Morgan fingerprint density at radius 3 is 2.32 bits per heavy atom. The molecule has 1 atom stereocenters. The maximum atomic E-state index is 12.6. The number of nitrogens with one attached hydrogen (secondary N) is 1. The Balaban J connectivity index is 2.31. The van der Waals surface area contributed by atoms with Gasteiger partial charge in [0.25, 0.3) is 5.91 Å². The maximum Gasteiger partial charge on any atom is 0.250 e.